The summed E-state index contributed by atoms with van der Waals surface area (Å²) in [6.45, 7) is 1.96. The summed E-state index contributed by atoms with van der Waals surface area (Å²) in [7, 11) is 0. The van der Waals surface area contributed by atoms with E-state index in [-0.39, 0.29) is 5.82 Å². The molecule has 0 aliphatic carbocycles. The molecule has 1 unspecified atom stereocenters. The van der Waals surface area contributed by atoms with Crippen LogP contribution in [0.4, 0.5) is 4.39 Å². The molecule has 1 nitrogen and oxygen atoms in total. The van der Waals surface area contributed by atoms with E-state index < -0.39 is 6.10 Å². The lowest BCUT2D eigenvalue weighted by Gasteiger charge is -2.12. The number of benzene rings is 2. The van der Waals surface area contributed by atoms with Crippen molar-refractivity contribution in [2.45, 2.75) is 13.0 Å². The number of aliphatic hydroxyl groups is 1. The second kappa shape index (κ2) is 4.45. The molecule has 0 aliphatic heterocycles. The van der Waals surface area contributed by atoms with Crippen molar-refractivity contribution in [2.24, 2.45) is 0 Å². The fraction of sp³-hybridized carbons (Fsp3) is 0.143. The first kappa shape index (κ1) is 10.8. The van der Waals surface area contributed by atoms with Crippen LogP contribution in [0.15, 0.2) is 48.5 Å². The van der Waals surface area contributed by atoms with Crippen LogP contribution in [0.3, 0.4) is 0 Å². The van der Waals surface area contributed by atoms with Crippen molar-refractivity contribution in [3.63, 3.8) is 0 Å². The van der Waals surface area contributed by atoms with Gasteiger partial charge >= 0.3 is 0 Å². The van der Waals surface area contributed by atoms with Gasteiger partial charge in [-0.2, -0.15) is 0 Å². The molecule has 0 spiro atoms. The Morgan fingerprint density at radius 3 is 2.25 bits per heavy atom. The Kier molecular flexibility index (Phi) is 3.02. The van der Waals surface area contributed by atoms with Gasteiger partial charge in [0, 0.05) is 0 Å². The largest absolute Gasteiger partial charge is 0.384 e. The quantitative estimate of drug-likeness (QED) is 0.817. The van der Waals surface area contributed by atoms with E-state index in [0.29, 0.717) is 5.56 Å². The predicted octanol–water partition coefficient (Wildman–Crippen LogP) is 3.22. The van der Waals surface area contributed by atoms with Crippen molar-refractivity contribution in [2.75, 3.05) is 0 Å². The molecule has 0 radical (unpaired) electrons. The third kappa shape index (κ3) is 2.28. The molecule has 0 aromatic heterocycles. The summed E-state index contributed by atoms with van der Waals surface area (Å²) in [5.41, 5.74) is 2.43. The molecule has 1 atom stereocenters. The Bertz CT molecular complexity index is 448. The van der Waals surface area contributed by atoms with Crippen LogP contribution in [-0.2, 0) is 0 Å². The lowest BCUT2D eigenvalue weighted by molar-refractivity contribution is 0.219. The molecule has 0 saturated heterocycles. The Morgan fingerprint density at radius 2 is 1.62 bits per heavy atom. The van der Waals surface area contributed by atoms with Crippen LogP contribution in [-0.4, -0.2) is 5.11 Å². The van der Waals surface area contributed by atoms with E-state index >= 15 is 0 Å². The van der Waals surface area contributed by atoms with E-state index in [1.54, 1.807) is 12.1 Å². The zero-order valence-electron chi connectivity index (χ0n) is 9.02. The van der Waals surface area contributed by atoms with Gasteiger partial charge in [0.1, 0.15) is 11.9 Å². The number of hydrogen-bond acceptors (Lipinski definition) is 1. The van der Waals surface area contributed by atoms with Crippen LogP contribution in [0.5, 0.6) is 0 Å². The molecule has 0 saturated carbocycles. The van der Waals surface area contributed by atoms with Crippen molar-refractivity contribution in [3.8, 4) is 0 Å². The normalized spacial score (nSPS) is 12.4. The molecule has 0 aliphatic rings. The third-order valence-electron chi connectivity index (χ3n) is 2.52. The monoisotopic (exact) mass is 216 g/mol. The second-order valence-corrected chi connectivity index (χ2v) is 3.87. The van der Waals surface area contributed by atoms with Crippen LogP contribution >= 0.6 is 0 Å². The summed E-state index contributed by atoms with van der Waals surface area (Å²) in [6, 6.07) is 13.6. The van der Waals surface area contributed by atoms with Crippen LogP contribution in [0.2, 0.25) is 0 Å². The minimum atomic E-state index is -0.768. The molecular weight excluding hydrogens is 203 g/mol. The molecule has 0 amide bonds. The van der Waals surface area contributed by atoms with Gasteiger partial charge in [-0.15, -0.1) is 0 Å². The highest BCUT2D eigenvalue weighted by Crippen LogP contribution is 2.22. The van der Waals surface area contributed by atoms with Gasteiger partial charge < -0.3 is 5.11 Å². The van der Waals surface area contributed by atoms with Crippen LogP contribution < -0.4 is 0 Å². The maximum atomic E-state index is 13.0. The van der Waals surface area contributed by atoms with Gasteiger partial charge in [0.05, 0.1) is 0 Å². The molecule has 82 valence electrons. The Hall–Kier alpha value is -1.67. The van der Waals surface area contributed by atoms with Gasteiger partial charge in [-0.1, -0.05) is 42.0 Å². The zero-order chi connectivity index (χ0) is 11.5. The summed E-state index contributed by atoms with van der Waals surface area (Å²) in [4.78, 5) is 0. The van der Waals surface area contributed by atoms with Crippen molar-refractivity contribution in [1.82, 2.24) is 0 Å². The lowest BCUT2D eigenvalue weighted by Crippen LogP contribution is -2.00. The molecule has 2 rings (SSSR count). The SMILES string of the molecule is Cc1cccc(C(O)c2cccc(F)c2)c1. The molecular formula is C14H13FO. The van der Waals surface area contributed by atoms with E-state index in [1.165, 1.54) is 12.1 Å². The van der Waals surface area contributed by atoms with Gasteiger partial charge in [-0.05, 0) is 30.2 Å². The fourth-order valence-corrected chi connectivity index (χ4v) is 1.71. The van der Waals surface area contributed by atoms with E-state index in [9.17, 15) is 9.50 Å². The highest BCUT2D eigenvalue weighted by atomic mass is 19.1. The predicted molar refractivity (Wildman–Crippen MR) is 61.6 cm³/mol. The molecule has 2 aromatic rings. The first-order valence-corrected chi connectivity index (χ1v) is 5.17. The smallest absolute Gasteiger partial charge is 0.123 e. The summed E-state index contributed by atoms with van der Waals surface area (Å²) in [6.07, 6.45) is -0.768. The van der Waals surface area contributed by atoms with E-state index in [1.807, 2.05) is 31.2 Å². The Morgan fingerprint density at radius 1 is 1.00 bits per heavy atom. The first-order valence-electron chi connectivity index (χ1n) is 5.17. The van der Waals surface area contributed by atoms with Crippen LogP contribution in [0.1, 0.15) is 22.8 Å². The fourth-order valence-electron chi connectivity index (χ4n) is 1.71. The molecule has 2 aromatic carbocycles. The highest BCUT2D eigenvalue weighted by Gasteiger charge is 2.10. The van der Waals surface area contributed by atoms with Gasteiger partial charge in [0.2, 0.25) is 0 Å². The third-order valence-corrected chi connectivity index (χ3v) is 2.52. The zero-order valence-corrected chi connectivity index (χ0v) is 9.02. The minimum Gasteiger partial charge on any atom is -0.384 e. The number of aliphatic hydroxyl groups excluding tert-OH is 1. The van der Waals surface area contributed by atoms with Gasteiger partial charge in [-0.3, -0.25) is 0 Å². The average Bonchev–Trinajstić information content (AvgIpc) is 2.28. The second-order valence-electron chi connectivity index (χ2n) is 3.87. The molecule has 2 heteroatoms. The number of aryl methyl sites for hydroxylation is 1. The standard InChI is InChI=1S/C14H13FO/c1-10-4-2-5-11(8-10)14(16)12-6-3-7-13(15)9-12/h2-9,14,16H,1H3. The number of halogens is 1. The van der Waals surface area contributed by atoms with E-state index in [4.69, 9.17) is 0 Å². The van der Waals surface area contributed by atoms with Crippen molar-refractivity contribution in [1.29, 1.82) is 0 Å². The number of rotatable bonds is 2. The average molecular weight is 216 g/mol. The van der Waals surface area contributed by atoms with E-state index in [0.717, 1.165) is 11.1 Å². The molecule has 0 bridgehead atoms. The topological polar surface area (TPSA) is 20.2 Å². The summed E-state index contributed by atoms with van der Waals surface area (Å²) in [5, 5.41) is 10.1. The maximum Gasteiger partial charge on any atom is 0.123 e. The molecule has 0 fully saturated rings. The minimum absolute atomic E-state index is 0.329. The van der Waals surface area contributed by atoms with Gasteiger partial charge in [-0.25, -0.2) is 4.39 Å². The first-order chi connectivity index (χ1) is 7.66. The Balaban J connectivity index is 2.35. The highest BCUT2D eigenvalue weighted by molar-refractivity contribution is 5.32. The van der Waals surface area contributed by atoms with Gasteiger partial charge in [0.25, 0.3) is 0 Å². The molecule has 1 N–H and O–H groups in total. The van der Waals surface area contributed by atoms with Crippen molar-refractivity contribution in [3.05, 3.63) is 71.0 Å². The lowest BCUT2D eigenvalue weighted by atomic mass is 10.00. The summed E-state index contributed by atoms with van der Waals surface area (Å²) >= 11 is 0. The van der Waals surface area contributed by atoms with Crippen molar-refractivity contribution < 1.29 is 9.50 Å². The maximum absolute atomic E-state index is 13.0. The number of hydrogen-bond donors (Lipinski definition) is 1. The summed E-state index contributed by atoms with van der Waals surface area (Å²) in [5.74, 6) is -0.329. The molecule has 0 heterocycles. The summed E-state index contributed by atoms with van der Waals surface area (Å²) < 4.78 is 13.0. The molecule has 16 heavy (non-hydrogen) atoms. The van der Waals surface area contributed by atoms with Gasteiger partial charge in [0.15, 0.2) is 0 Å². The van der Waals surface area contributed by atoms with Crippen molar-refractivity contribution >= 4 is 0 Å². The van der Waals surface area contributed by atoms with Crippen LogP contribution in [0, 0.1) is 12.7 Å². The van der Waals surface area contributed by atoms with Crippen LogP contribution in [0.25, 0.3) is 0 Å². The van der Waals surface area contributed by atoms with E-state index in [2.05, 4.69) is 0 Å². The Labute approximate surface area is 94.2 Å².